The first-order chi connectivity index (χ1) is 11.3. The Morgan fingerprint density at radius 1 is 1.20 bits per heavy atom. The van der Waals surface area contributed by atoms with E-state index < -0.39 is 21.6 Å². The Labute approximate surface area is 155 Å². The number of benzene rings is 1. The summed E-state index contributed by atoms with van der Waals surface area (Å²) < 4.78 is 32.5. The minimum atomic E-state index is -3.88. The third-order valence-corrected chi connectivity index (χ3v) is 5.76. The second-order valence-corrected chi connectivity index (χ2v) is 9.40. The van der Waals surface area contributed by atoms with E-state index in [9.17, 15) is 13.2 Å². The molecule has 0 saturated heterocycles. The van der Waals surface area contributed by atoms with Gasteiger partial charge in [0.25, 0.3) is 0 Å². The monoisotopic (exact) mass is 390 g/mol. The summed E-state index contributed by atoms with van der Waals surface area (Å²) in [5.74, 6) is -0.588. The smallest absolute Gasteiger partial charge is 0.321 e. The fraction of sp³-hybridized carbons (Fsp3) is 0.588. The molecule has 0 saturated carbocycles. The van der Waals surface area contributed by atoms with Gasteiger partial charge in [-0.3, -0.25) is 4.79 Å². The standard InChI is InChI=1S/C17H27ClN2O4S/c1-13-14(18)8-7-9-15(13)25(22,23)20(11-10-19(5)6)12-16(21)24-17(2,3)4/h7-9H,10-12H2,1-6H3. The van der Waals surface area contributed by atoms with Crippen LogP contribution in [0.5, 0.6) is 0 Å². The molecule has 0 unspecified atom stereocenters. The first kappa shape index (κ1) is 21.9. The number of likely N-dealkylation sites (N-methyl/N-ethyl adjacent to an activating group) is 1. The number of rotatable bonds is 7. The lowest BCUT2D eigenvalue weighted by Crippen LogP contribution is -2.42. The lowest BCUT2D eigenvalue weighted by Gasteiger charge is -2.26. The maximum atomic E-state index is 13.1. The number of ether oxygens (including phenoxy) is 1. The zero-order valence-corrected chi connectivity index (χ0v) is 17.2. The molecule has 0 heterocycles. The van der Waals surface area contributed by atoms with E-state index >= 15 is 0 Å². The number of sulfonamides is 1. The van der Waals surface area contributed by atoms with Crippen LogP contribution in [0.4, 0.5) is 0 Å². The minimum absolute atomic E-state index is 0.0994. The summed E-state index contributed by atoms with van der Waals surface area (Å²) in [4.78, 5) is 14.1. The molecule has 25 heavy (non-hydrogen) atoms. The van der Waals surface area contributed by atoms with Gasteiger partial charge in [0.1, 0.15) is 12.1 Å². The third-order valence-electron chi connectivity index (χ3n) is 3.36. The maximum Gasteiger partial charge on any atom is 0.321 e. The predicted molar refractivity (Wildman–Crippen MR) is 99.3 cm³/mol. The Bertz CT molecular complexity index is 712. The molecule has 1 rings (SSSR count). The van der Waals surface area contributed by atoms with Crippen molar-refractivity contribution in [1.82, 2.24) is 9.21 Å². The van der Waals surface area contributed by atoms with Crippen molar-refractivity contribution >= 4 is 27.6 Å². The van der Waals surface area contributed by atoms with Crippen molar-refractivity contribution < 1.29 is 17.9 Å². The second kappa shape index (κ2) is 8.49. The highest BCUT2D eigenvalue weighted by molar-refractivity contribution is 7.89. The van der Waals surface area contributed by atoms with Gasteiger partial charge in [0.15, 0.2) is 0 Å². The average molecular weight is 391 g/mol. The third kappa shape index (κ3) is 6.58. The van der Waals surface area contributed by atoms with Crippen LogP contribution in [0.2, 0.25) is 5.02 Å². The van der Waals surface area contributed by atoms with Gasteiger partial charge in [-0.1, -0.05) is 17.7 Å². The largest absolute Gasteiger partial charge is 0.459 e. The maximum absolute atomic E-state index is 13.1. The molecule has 142 valence electrons. The van der Waals surface area contributed by atoms with Crippen LogP contribution < -0.4 is 0 Å². The Morgan fingerprint density at radius 2 is 1.80 bits per heavy atom. The summed E-state index contributed by atoms with van der Waals surface area (Å²) in [7, 11) is -0.207. The van der Waals surface area contributed by atoms with Crippen LogP contribution in [0.15, 0.2) is 23.1 Å². The summed E-state index contributed by atoms with van der Waals surface area (Å²) in [5.41, 5.74) is -0.219. The van der Waals surface area contributed by atoms with E-state index in [-0.39, 0.29) is 18.0 Å². The number of esters is 1. The molecule has 0 radical (unpaired) electrons. The Morgan fingerprint density at radius 3 is 2.32 bits per heavy atom. The Balaban J connectivity index is 3.17. The first-order valence-electron chi connectivity index (χ1n) is 7.96. The molecule has 0 aliphatic carbocycles. The van der Waals surface area contributed by atoms with Crippen molar-refractivity contribution in [3.63, 3.8) is 0 Å². The van der Waals surface area contributed by atoms with E-state index in [0.29, 0.717) is 17.1 Å². The van der Waals surface area contributed by atoms with E-state index in [2.05, 4.69) is 0 Å². The fourth-order valence-electron chi connectivity index (χ4n) is 2.12. The Kier molecular flexibility index (Phi) is 7.43. The lowest BCUT2D eigenvalue weighted by atomic mass is 10.2. The van der Waals surface area contributed by atoms with Gasteiger partial charge in [-0.25, -0.2) is 8.42 Å². The molecular weight excluding hydrogens is 364 g/mol. The normalized spacial score (nSPS) is 12.7. The van der Waals surface area contributed by atoms with Gasteiger partial charge >= 0.3 is 5.97 Å². The highest BCUT2D eigenvalue weighted by Gasteiger charge is 2.30. The summed E-state index contributed by atoms with van der Waals surface area (Å²) >= 11 is 6.06. The summed E-state index contributed by atoms with van der Waals surface area (Å²) in [5, 5.41) is 0.367. The van der Waals surface area contributed by atoms with Crippen molar-refractivity contribution in [1.29, 1.82) is 0 Å². The van der Waals surface area contributed by atoms with Crippen molar-refractivity contribution in [2.24, 2.45) is 0 Å². The first-order valence-corrected chi connectivity index (χ1v) is 9.78. The summed E-state index contributed by atoms with van der Waals surface area (Å²) in [6.45, 7) is 7.16. The van der Waals surface area contributed by atoms with Gasteiger partial charge in [0.05, 0.1) is 4.90 Å². The van der Waals surface area contributed by atoms with Gasteiger partial charge in [-0.15, -0.1) is 0 Å². The molecule has 0 N–H and O–H groups in total. The van der Waals surface area contributed by atoms with Gasteiger partial charge in [0.2, 0.25) is 10.0 Å². The topological polar surface area (TPSA) is 66.9 Å². The van der Waals surface area contributed by atoms with Crippen molar-refractivity contribution in [3.8, 4) is 0 Å². The molecule has 0 atom stereocenters. The van der Waals surface area contributed by atoms with Crippen molar-refractivity contribution in [2.45, 2.75) is 38.2 Å². The van der Waals surface area contributed by atoms with E-state index in [0.717, 1.165) is 4.31 Å². The molecule has 0 fully saturated rings. The molecule has 0 amide bonds. The Hall–Kier alpha value is -1.15. The van der Waals surface area contributed by atoms with Crippen LogP contribution >= 0.6 is 11.6 Å². The highest BCUT2D eigenvalue weighted by Crippen LogP contribution is 2.25. The zero-order chi connectivity index (χ0) is 19.4. The molecule has 1 aromatic rings. The number of nitrogens with zero attached hydrogens (tertiary/aromatic N) is 2. The van der Waals surface area contributed by atoms with E-state index in [1.165, 1.54) is 6.07 Å². The number of hydrogen-bond acceptors (Lipinski definition) is 5. The van der Waals surface area contributed by atoms with Crippen LogP contribution in [-0.2, 0) is 19.6 Å². The molecule has 0 aliphatic rings. The SMILES string of the molecule is Cc1c(Cl)cccc1S(=O)(=O)N(CCN(C)C)CC(=O)OC(C)(C)C. The van der Waals surface area contributed by atoms with Crippen LogP contribution in [0, 0.1) is 6.92 Å². The van der Waals surface area contributed by atoms with Crippen LogP contribution in [0.1, 0.15) is 26.3 Å². The summed E-state index contributed by atoms with van der Waals surface area (Å²) in [6.07, 6.45) is 0. The van der Waals surface area contributed by atoms with Crippen molar-refractivity contribution in [2.75, 3.05) is 33.7 Å². The number of hydrogen-bond donors (Lipinski definition) is 0. The number of carbonyl (C=O) groups excluding carboxylic acids is 1. The van der Waals surface area contributed by atoms with Crippen LogP contribution in [-0.4, -0.2) is 62.9 Å². The van der Waals surface area contributed by atoms with Gasteiger partial charge in [-0.2, -0.15) is 4.31 Å². The molecular formula is C17H27ClN2O4S. The van der Waals surface area contributed by atoms with E-state index in [1.807, 2.05) is 19.0 Å². The second-order valence-electron chi connectivity index (χ2n) is 7.09. The molecule has 0 aliphatic heterocycles. The average Bonchev–Trinajstić information content (AvgIpc) is 2.43. The van der Waals surface area contributed by atoms with Gasteiger partial charge in [-0.05, 0) is 59.5 Å². The lowest BCUT2D eigenvalue weighted by molar-refractivity contribution is -0.155. The van der Waals surface area contributed by atoms with Crippen LogP contribution in [0.3, 0.4) is 0 Å². The quantitative estimate of drug-likeness (QED) is 0.669. The molecule has 8 heteroatoms. The van der Waals surface area contributed by atoms with Crippen molar-refractivity contribution in [3.05, 3.63) is 28.8 Å². The van der Waals surface area contributed by atoms with Gasteiger partial charge in [0, 0.05) is 18.1 Å². The predicted octanol–water partition coefficient (Wildman–Crippen LogP) is 2.54. The summed E-state index contributed by atoms with van der Waals surface area (Å²) in [6, 6.07) is 4.71. The van der Waals surface area contributed by atoms with Gasteiger partial charge < -0.3 is 9.64 Å². The highest BCUT2D eigenvalue weighted by atomic mass is 35.5. The molecule has 0 bridgehead atoms. The minimum Gasteiger partial charge on any atom is -0.459 e. The van der Waals surface area contributed by atoms with E-state index in [4.69, 9.17) is 16.3 Å². The van der Waals surface area contributed by atoms with Crippen LogP contribution in [0.25, 0.3) is 0 Å². The number of halogens is 1. The number of carbonyl (C=O) groups is 1. The van der Waals surface area contributed by atoms with E-state index in [1.54, 1.807) is 39.8 Å². The molecule has 1 aromatic carbocycles. The molecule has 0 spiro atoms. The zero-order valence-electron chi connectivity index (χ0n) is 15.7. The molecule has 0 aromatic heterocycles. The molecule has 6 nitrogen and oxygen atoms in total. The fourth-order valence-corrected chi connectivity index (χ4v) is 3.97.